The molecule has 0 atom stereocenters. The SMILES string of the molecule is Cc1nc(SC2CCCCC2)ccc1C(=O)c1ccccc1. The Labute approximate surface area is 136 Å². The van der Waals surface area contributed by atoms with E-state index in [4.69, 9.17) is 0 Å². The van der Waals surface area contributed by atoms with Crippen molar-refractivity contribution in [2.24, 2.45) is 0 Å². The number of hydrogen-bond donors (Lipinski definition) is 0. The van der Waals surface area contributed by atoms with Gasteiger partial charge in [-0.2, -0.15) is 0 Å². The highest BCUT2D eigenvalue weighted by molar-refractivity contribution is 7.99. The zero-order chi connectivity index (χ0) is 15.4. The standard InChI is InChI=1S/C19H21NOS/c1-14-17(19(21)15-8-4-2-5-9-15)12-13-18(20-14)22-16-10-6-3-7-11-16/h2,4-5,8-9,12-13,16H,3,6-7,10-11H2,1H3. The third-order valence-electron chi connectivity index (χ3n) is 4.18. The number of hydrogen-bond acceptors (Lipinski definition) is 3. The van der Waals surface area contributed by atoms with Crippen LogP contribution in [0, 0.1) is 6.92 Å². The van der Waals surface area contributed by atoms with Gasteiger partial charge in [-0.1, -0.05) is 49.6 Å². The highest BCUT2D eigenvalue weighted by atomic mass is 32.2. The first-order chi connectivity index (χ1) is 10.7. The highest BCUT2D eigenvalue weighted by Crippen LogP contribution is 2.33. The van der Waals surface area contributed by atoms with Gasteiger partial charge in [0, 0.05) is 22.1 Å². The number of aryl methyl sites for hydroxylation is 1. The highest BCUT2D eigenvalue weighted by Gasteiger charge is 2.17. The number of nitrogens with zero attached hydrogens (tertiary/aromatic N) is 1. The van der Waals surface area contributed by atoms with Crippen LogP contribution in [0.15, 0.2) is 47.5 Å². The number of rotatable bonds is 4. The summed E-state index contributed by atoms with van der Waals surface area (Å²) in [4.78, 5) is 17.2. The number of carbonyl (C=O) groups is 1. The summed E-state index contributed by atoms with van der Waals surface area (Å²) in [6.07, 6.45) is 6.61. The monoisotopic (exact) mass is 311 g/mol. The third kappa shape index (κ3) is 3.58. The van der Waals surface area contributed by atoms with Crippen molar-refractivity contribution < 1.29 is 4.79 Å². The summed E-state index contributed by atoms with van der Waals surface area (Å²) in [7, 11) is 0. The molecule has 2 aromatic rings. The minimum absolute atomic E-state index is 0.0554. The van der Waals surface area contributed by atoms with E-state index in [1.165, 1.54) is 32.1 Å². The fourth-order valence-electron chi connectivity index (χ4n) is 2.94. The van der Waals surface area contributed by atoms with E-state index in [-0.39, 0.29) is 5.78 Å². The maximum atomic E-state index is 12.5. The van der Waals surface area contributed by atoms with Crippen molar-refractivity contribution >= 4 is 17.5 Å². The first kappa shape index (κ1) is 15.3. The summed E-state index contributed by atoms with van der Waals surface area (Å²) in [5.41, 5.74) is 2.26. The van der Waals surface area contributed by atoms with Gasteiger partial charge in [0.15, 0.2) is 5.78 Å². The molecule has 3 heteroatoms. The zero-order valence-electron chi connectivity index (χ0n) is 12.9. The molecule has 3 rings (SSSR count). The first-order valence-corrected chi connectivity index (χ1v) is 8.86. The van der Waals surface area contributed by atoms with E-state index in [1.54, 1.807) is 0 Å². The predicted octanol–water partition coefficient (Wildman–Crippen LogP) is 5.05. The van der Waals surface area contributed by atoms with Gasteiger partial charge < -0.3 is 0 Å². The van der Waals surface area contributed by atoms with Gasteiger partial charge in [0.2, 0.25) is 0 Å². The van der Waals surface area contributed by atoms with Crippen LogP contribution in [0.2, 0.25) is 0 Å². The number of ketones is 1. The maximum absolute atomic E-state index is 12.5. The molecule has 1 saturated carbocycles. The number of carbonyl (C=O) groups excluding carboxylic acids is 1. The Hall–Kier alpha value is -1.61. The van der Waals surface area contributed by atoms with E-state index in [0.29, 0.717) is 10.8 Å². The Kier molecular flexibility index (Phi) is 4.94. The molecule has 1 aliphatic rings. The van der Waals surface area contributed by atoms with Crippen LogP contribution in [0.1, 0.15) is 53.7 Å². The smallest absolute Gasteiger partial charge is 0.194 e. The van der Waals surface area contributed by atoms with E-state index in [9.17, 15) is 4.79 Å². The molecular formula is C19H21NOS. The van der Waals surface area contributed by atoms with Crippen molar-refractivity contribution in [1.29, 1.82) is 0 Å². The Morgan fingerprint density at radius 1 is 1.05 bits per heavy atom. The Balaban J connectivity index is 1.76. The fraction of sp³-hybridized carbons (Fsp3) is 0.368. The van der Waals surface area contributed by atoms with E-state index in [0.717, 1.165) is 16.3 Å². The van der Waals surface area contributed by atoms with Gasteiger partial charge in [0.05, 0.1) is 5.03 Å². The Morgan fingerprint density at radius 3 is 2.45 bits per heavy atom. The third-order valence-corrected chi connectivity index (χ3v) is 5.45. The van der Waals surface area contributed by atoms with Gasteiger partial charge in [0.25, 0.3) is 0 Å². The summed E-state index contributed by atoms with van der Waals surface area (Å²) in [6, 6.07) is 13.3. The van der Waals surface area contributed by atoms with Crippen molar-refractivity contribution in [1.82, 2.24) is 4.98 Å². The second kappa shape index (κ2) is 7.10. The second-order valence-corrected chi connectivity index (χ2v) is 7.18. The van der Waals surface area contributed by atoms with Gasteiger partial charge in [-0.25, -0.2) is 4.98 Å². The quantitative estimate of drug-likeness (QED) is 0.740. The van der Waals surface area contributed by atoms with Crippen LogP contribution >= 0.6 is 11.8 Å². The molecule has 1 aromatic carbocycles. The van der Waals surface area contributed by atoms with E-state index in [2.05, 4.69) is 4.98 Å². The van der Waals surface area contributed by atoms with E-state index >= 15 is 0 Å². The molecule has 0 unspecified atom stereocenters. The van der Waals surface area contributed by atoms with Crippen molar-refractivity contribution in [2.75, 3.05) is 0 Å². The summed E-state index contributed by atoms with van der Waals surface area (Å²) in [5, 5.41) is 1.74. The van der Waals surface area contributed by atoms with Gasteiger partial charge in [0.1, 0.15) is 0 Å². The van der Waals surface area contributed by atoms with Crippen LogP contribution in [0.3, 0.4) is 0 Å². The lowest BCUT2D eigenvalue weighted by atomic mass is 10.0. The summed E-state index contributed by atoms with van der Waals surface area (Å²) < 4.78 is 0. The van der Waals surface area contributed by atoms with Gasteiger partial charge in [-0.15, -0.1) is 11.8 Å². The molecule has 1 heterocycles. The van der Waals surface area contributed by atoms with Crippen LogP contribution in [0.25, 0.3) is 0 Å². The van der Waals surface area contributed by atoms with Crippen LogP contribution < -0.4 is 0 Å². The van der Waals surface area contributed by atoms with Crippen LogP contribution in [-0.4, -0.2) is 16.0 Å². The fourth-order valence-corrected chi connectivity index (χ4v) is 4.19. The predicted molar refractivity (Wildman–Crippen MR) is 91.6 cm³/mol. The van der Waals surface area contributed by atoms with Crippen molar-refractivity contribution in [3.05, 3.63) is 59.3 Å². The lowest BCUT2D eigenvalue weighted by Crippen LogP contribution is -2.09. The first-order valence-electron chi connectivity index (χ1n) is 7.98. The molecular weight excluding hydrogens is 290 g/mol. The molecule has 1 fully saturated rings. The molecule has 2 nitrogen and oxygen atoms in total. The minimum atomic E-state index is 0.0554. The maximum Gasteiger partial charge on any atom is 0.194 e. The normalized spacial score (nSPS) is 15.7. The van der Waals surface area contributed by atoms with Crippen molar-refractivity contribution in [3.63, 3.8) is 0 Å². The van der Waals surface area contributed by atoms with Gasteiger partial charge >= 0.3 is 0 Å². The van der Waals surface area contributed by atoms with Crippen LogP contribution in [-0.2, 0) is 0 Å². The number of pyridine rings is 1. The Bertz CT molecular complexity index is 648. The number of thioether (sulfide) groups is 1. The lowest BCUT2D eigenvalue weighted by molar-refractivity contribution is 0.103. The Morgan fingerprint density at radius 2 is 1.77 bits per heavy atom. The molecule has 1 aromatic heterocycles. The van der Waals surface area contributed by atoms with Crippen LogP contribution in [0.5, 0.6) is 0 Å². The summed E-state index contributed by atoms with van der Waals surface area (Å²) >= 11 is 1.87. The number of benzene rings is 1. The largest absolute Gasteiger partial charge is 0.289 e. The zero-order valence-corrected chi connectivity index (χ0v) is 13.7. The van der Waals surface area contributed by atoms with Crippen LogP contribution in [0.4, 0.5) is 0 Å². The van der Waals surface area contributed by atoms with Gasteiger partial charge in [-0.05, 0) is 31.9 Å². The molecule has 1 aliphatic carbocycles. The molecule has 0 saturated heterocycles. The molecule has 22 heavy (non-hydrogen) atoms. The second-order valence-electron chi connectivity index (χ2n) is 5.86. The molecule has 0 bridgehead atoms. The topological polar surface area (TPSA) is 30.0 Å². The summed E-state index contributed by atoms with van der Waals surface area (Å²) in [5.74, 6) is 0.0554. The minimum Gasteiger partial charge on any atom is -0.289 e. The molecule has 0 amide bonds. The number of aromatic nitrogens is 1. The molecule has 114 valence electrons. The average molecular weight is 311 g/mol. The molecule has 0 spiro atoms. The molecule has 0 aliphatic heterocycles. The van der Waals surface area contributed by atoms with Crippen molar-refractivity contribution in [3.8, 4) is 0 Å². The van der Waals surface area contributed by atoms with E-state index in [1.807, 2.05) is 61.2 Å². The lowest BCUT2D eigenvalue weighted by Gasteiger charge is -2.20. The van der Waals surface area contributed by atoms with Crippen molar-refractivity contribution in [2.45, 2.75) is 49.3 Å². The molecule has 0 N–H and O–H groups in total. The summed E-state index contributed by atoms with van der Waals surface area (Å²) in [6.45, 7) is 1.93. The van der Waals surface area contributed by atoms with E-state index < -0.39 is 0 Å². The average Bonchev–Trinajstić information content (AvgIpc) is 2.56. The molecule has 0 radical (unpaired) electrons. The van der Waals surface area contributed by atoms with Gasteiger partial charge in [-0.3, -0.25) is 4.79 Å².